The van der Waals surface area contributed by atoms with Crippen LogP contribution in [0.5, 0.6) is 17.2 Å². The smallest absolute Gasteiger partial charge is 0.493 e. The van der Waals surface area contributed by atoms with Gasteiger partial charge in [-0.1, -0.05) is 0 Å². The molecule has 8 nitrogen and oxygen atoms in total. The zero-order chi connectivity index (χ0) is 26.1. The third-order valence-electron chi connectivity index (χ3n) is 6.00. The number of sulfone groups is 1. The fourth-order valence-corrected chi connectivity index (χ4v) is 5.69. The Bertz CT molecular complexity index is 1370. The minimum atomic E-state index is -4.89. The summed E-state index contributed by atoms with van der Waals surface area (Å²) in [6.45, 7) is 2.45. The number of benzene rings is 2. The molecule has 1 aliphatic rings. The van der Waals surface area contributed by atoms with Gasteiger partial charge in [0.2, 0.25) is 9.84 Å². The van der Waals surface area contributed by atoms with Crippen LogP contribution in [0.4, 0.5) is 18.9 Å². The van der Waals surface area contributed by atoms with Gasteiger partial charge in [-0.25, -0.2) is 8.42 Å². The van der Waals surface area contributed by atoms with E-state index in [4.69, 9.17) is 9.47 Å². The van der Waals surface area contributed by atoms with Crippen molar-refractivity contribution in [1.82, 2.24) is 9.88 Å². The molecule has 0 saturated carbocycles. The maximum atomic E-state index is 13.9. The SMILES string of the molecule is COc1ccc(S(=O)(=O)c2cnc3ccc(OC(F)(F)F)cc3c2N2CCCN(C)CC2)cc1OC. The van der Waals surface area contributed by atoms with Crippen molar-refractivity contribution < 1.29 is 35.8 Å². The Labute approximate surface area is 207 Å². The van der Waals surface area contributed by atoms with Crippen molar-refractivity contribution in [3.05, 3.63) is 42.6 Å². The van der Waals surface area contributed by atoms with Gasteiger partial charge >= 0.3 is 6.36 Å². The van der Waals surface area contributed by atoms with E-state index in [1.54, 1.807) is 0 Å². The molecule has 0 amide bonds. The fraction of sp³-hybridized carbons (Fsp3) is 0.375. The van der Waals surface area contributed by atoms with Crippen molar-refractivity contribution in [3.63, 3.8) is 0 Å². The largest absolute Gasteiger partial charge is 0.573 e. The highest BCUT2D eigenvalue weighted by atomic mass is 32.2. The van der Waals surface area contributed by atoms with Crippen molar-refractivity contribution in [3.8, 4) is 17.2 Å². The standard InChI is InChI=1S/C24H26F3N3O5S/c1-29-9-4-10-30(12-11-29)23-18-13-16(35-24(25,26)27)5-7-19(18)28-15-22(23)36(31,32)17-6-8-20(33-2)21(14-17)34-3/h5-8,13-15H,4,9-12H2,1-3H3. The van der Waals surface area contributed by atoms with Gasteiger partial charge in [-0.05, 0) is 50.3 Å². The number of alkyl halides is 3. The molecule has 0 spiro atoms. The van der Waals surface area contributed by atoms with Crippen molar-refractivity contribution in [2.75, 3.05) is 52.3 Å². The van der Waals surface area contributed by atoms with Gasteiger partial charge < -0.3 is 24.0 Å². The number of hydrogen-bond donors (Lipinski definition) is 0. The van der Waals surface area contributed by atoms with E-state index >= 15 is 0 Å². The van der Waals surface area contributed by atoms with E-state index in [1.165, 1.54) is 50.7 Å². The number of aromatic nitrogens is 1. The summed E-state index contributed by atoms with van der Waals surface area (Å²) in [5.74, 6) is 0.134. The molecule has 0 N–H and O–H groups in total. The van der Waals surface area contributed by atoms with Crippen LogP contribution in [0, 0.1) is 0 Å². The van der Waals surface area contributed by atoms with Crippen molar-refractivity contribution >= 4 is 26.4 Å². The minimum absolute atomic E-state index is 0.0582. The van der Waals surface area contributed by atoms with E-state index in [9.17, 15) is 21.6 Å². The maximum Gasteiger partial charge on any atom is 0.573 e. The summed E-state index contributed by atoms with van der Waals surface area (Å²) in [6.07, 6.45) is -2.90. The summed E-state index contributed by atoms with van der Waals surface area (Å²) < 4.78 is 81.2. The molecule has 4 rings (SSSR count). The maximum absolute atomic E-state index is 13.9. The molecule has 0 bridgehead atoms. The lowest BCUT2D eigenvalue weighted by atomic mass is 10.1. The Morgan fingerprint density at radius 1 is 0.944 bits per heavy atom. The lowest BCUT2D eigenvalue weighted by Gasteiger charge is -2.27. The average molecular weight is 526 g/mol. The van der Waals surface area contributed by atoms with E-state index < -0.39 is 21.9 Å². The van der Waals surface area contributed by atoms with Gasteiger partial charge in [0.1, 0.15) is 10.6 Å². The molecule has 1 fully saturated rings. The quantitative estimate of drug-likeness (QED) is 0.476. The van der Waals surface area contributed by atoms with Crippen LogP contribution >= 0.6 is 0 Å². The molecule has 1 saturated heterocycles. The summed E-state index contributed by atoms with van der Waals surface area (Å²) in [5, 5.41) is 0.253. The third kappa shape index (κ3) is 5.29. The van der Waals surface area contributed by atoms with Crippen LogP contribution in [0.25, 0.3) is 10.9 Å². The second-order valence-electron chi connectivity index (χ2n) is 8.36. The number of nitrogens with zero attached hydrogens (tertiary/aromatic N) is 3. The Morgan fingerprint density at radius 3 is 2.39 bits per heavy atom. The van der Waals surface area contributed by atoms with Crippen molar-refractivity contribution in [2.45, 2.75) is 22.6 Å². The monoisotopic (exact) mass is 525 g/mol. The predicted molar refractivity (Wildman–Crippen MR) is 128 cm³/mol. The molecule has 2 aromatic carbocycles. The number of methoxy groups -OCH3 is 2. The Hall–Kier alpha value is -3.25. The van der Waals surface area contributed by atoms with E-state index in [0.29, 0.717) is 30.9 Å². The number of anilines is 1. The Kier molecular flexibility index (Phi) is 7.19. The molecule has 3 aromatic rings. The summed E-state index contributed by atoms with van der Waals surface area (Å²) in [6, 6.07) is 7.96. The van der Waals surface area contributed by atoms with Crippen molar-refractivity contribution in [1.29, 1.82) is 0 Å². The van der Waals surface area contributed by atoms with Gasteiger partial charge in [0, 0.05) is 37.3 Å². The van der Waals surface area contributed by atoms with Crippen LogP contribution < -0.4 is 19.1 Å². The number of ether oxygens (including phenoxy) is 3. The number of fused-ring (bicyclic) bond motifs is 1. The molecule has 0 atom stereocenters. The van der Waals surface area contributed by atoms with Crippen LogP contribution in [0.2, 0.25) is 0 Å². The Balaban J connectivity index is 1.94. The van der Waals surface area contributed by atoms with Gasteiger partial charge in [-0.15, -0.1) is 13.2 Å². The molecule has 36 heavy (non-hydrogen) atoms. The summed E-state index contributed by atoms with van der Waals surface area (Å²) in [5.41, 5.74) is 0.640. The number of likely N-dealkylation sites (N-methyl/N-ethyl adjacent to an activating group) is 1. The van der Waals surface area contributed by atoms with Crippen LogP contribution in [0.15, 0.2) is 52.4 Å². The molecule has 0 aliphatic carbocycles. The molecule has 0 radical (unpaired) electrons. The molecule has 0 unspecified atom stereocenters. The molecule has 2 heterocycles. The summed E-state index contributed by atoms with van der Waals surface area (Å²) >= 11 is 0. The van der Waals surface area contributed by atoms with Crippen molar-refractivity contribution in [2.24, 2.45) is 0 Å². The average Bonchev–Trinajstić information content (AvgIpc) is 3.05. The normalized spacial score (nSPS) is 15.6. The lowest BCUT2D eigenvalue weighted by Crippen LogP contribution is -2.30. The van der Waals surface area contributed by atoms with Crippen LogP contribution in [-0.4, -0.2) is 72.1 Å². The van der Waals surface area contributed by atoms with Crippen LogP contribution in [-0.2, 0) is 9.84 Å². The van der Waals surface area contributed by atoms with E-state index in [2.05, 4.69) is 14.6 Å². The predicted octanol–water partition coefficient (Wildman–Crippen LogP) is 4.13. The van der Waals surface area contributed by atoms with Crippen LogP contribution in [0.3, 0.4) is 0 Å². The topological polar surface area (TPSA) is 81.2 Å². The first-order chi connectivity index (χ1) is 17.0. The highest BCUT2D eigenvalue weighted by Crippen LogP contribution is 2.40. The van der Waals surface area contributed by atoms with Gasteiger partial charge in [0.15, 0.2) is 11.5 Å². The van der Waals surface area contributed by atoms with Gasteiger partial charge in [0.05, 0.1) is 30.3 Å². The first-order valence-corrected chi connectivity index (χ1v) is 12.6. The number of hydrogen-bond acceptors (Lipinski definition) is 8. The first-order valence-electron chi connectivity index (χ1n) is 11.1. The summed E-state index contributed by atoms with van der Waals surface area (Å²) in [7, 11) is 0.640. The Morgan fingerprint density at radius 2 is 1.69 bits per heavy atom. The van der Waals surface area contributed by atoms with Gasteiger partial charge in [-0.3, -0.25) is 4.98 Å². The number of halogens is 3. The molecule has 1 aliphatic heterocycles. The number of pyridine rings is 1. The van der Waals surface area contributed by atoms with Gasteiger partial charge in [-0.2, -0.15) is 0 Å². The highest BCUT2D eigenvalue weighted by Gasteiger charge is 2.32. The zero-order valence-electron chi connectivity index (χ0n) is 20.0. The molecule has 1 aromatic heterocycles. The second-order valence-corrected chi connectivity index (χ2v) is 10.3. The molecular formula is C24H26F3N3O5S. The minimum Gasteiger partial charge on any atom is -0.493 e. The molecular weight excluding hydrogens is 499 g/mol. The second kappa shape index (κ2) is 10.0. The third-order valence-corrected chi connectivity index (χ3v) is 7.75. The lowest BCUT2D eigenvalue weighted by molar-refractivity contribution is -0.274. The zero-order valence-corrected chi connectivity index (χ0v) is 20.8. The van der Waals surface area contributed by atoms with Gasteiger partial charge in [0.25, 0.3) is 0 Å². The van der Waals surface area contributed by atoms with E-state index in [0.717, 1.165) is 19.0 Å². The fourth-order valence-electron chi connectivity index (χ4n) is 4.24. The highest BCUT2D eigenvalue weighted by molar-refractivity contribution is 7.91. The van der Waals surface area contributed by atoms with E-state index in [1.807, 2.05) is 11.9 Å². The number of rotatable bonds is 6. The molecule has 12 heteroatoms. The first kappa shape index (κ1) is 25.8. The van der Waals surface area contributed by atoms with E-state index in [-0.39, 0.29) is 26.6 Å². The molecule has 194 valence electrons. The van der Waals surface area contributed by atoms with Crippen LogP contribution in [0.1, 0.15) is 6.42 Å². The summed E-state index contributed by atoms with van der Waals surface area (Å²) in [4.78, 5) is 8.10.